The second-order valence-electron chi connectivity index (χ2n) is 4.27. The van der Waals surface area contributed by atoms with Gasteiger partial charge in [-0.3, -0.25) is 19.1 Å². The van der Waals surface area contributed by atoms with Gasteiger partial charge in [-0.2, -0.15) is 0 Å². The average molecular weight is 277 g/mol. The molecule has 7 heteroatoms. The first-order valence-electron chi connectivity index (χ1n) is 5.81. The Morgan fingerprint density at radius 3 is 2.75 bits per heavy atom. The maximum Gasteiger partial charge on any atom is 0.328 e. The number of benzene rings is 1. The Morgan fingerprint density at radius 2 is 2.10 bits per heavy atom. The first-order chi connectivity index (χ1) is 9.45. The molecule has 1 amide bonds. The van der Waals surface area contributed by atoms with E-state index < -0.39 is 23.0 Å². The van der Waals surface area contributed by atoms with E-state index in [1.807, 2.05) is 4.98 Å². The molecule has 0 aliphatic heterocycles. The zero-order valence-corrected chi connectivity index (χ0v) is 10.6. The van der Waals surface area contributed by atoms with Gasteiger partial charge in [0.15, 0.2) is 0 Å². The Bertz CT molecular complexity index is 764. The summed E-state index contributed by atoms with van der Waals surface area (Å²) in [6.07, 6.45) is 1.20. The minimum absolute atomic E-state index is 0.0399. The molecule has 0 aliphatic rings. The standard InChI is InChI=1S/C13H12FN3O3/c1-8-2-3-10(9(14)6-8)15-12(19)7-17-5-4-11(18)16-13(17)20/h2-6H,7H2,1H3,(H,15,19)(H,16,18,20). The van der Waals surface area contributed by atoms with Gasteiger partial charge in [0.2, 0.25) is 5.91 Å². The van der Waals surface area contributed by atoms with E-state index in [2.05, 4.69) is 5.32 Å². The number of rotatable bonds is 3. The third-order valence-corrected chi connectivity index (χ3v) is 2.61. The molecule has 0 atom stereocenters. The fraction of sp³-hybridized carbons (Fsp3) is 0.154. The number of H-pyrrole nitrogens is 1. The van der Waals surface area contributed by atoms with E-state index >= 15 is 0 Å². The van der Waals surface area contributed by atoms with Crippen LogP contribution < -0.4 is 16.6 Å². The van der Waals surface area contributed by atoms with Crippen LogP contribution in [-0.4, -0.2) is 15.5 Å². The molecule has 1 aromatic carbocycles. The average Bonchev–Trinajstić information content (AvgIpc) is 2.36. The van der Waals surface area contributed by atoms with Gasteiger partial charge in [0.05, 0.1) is 5.69 Å². The maximum absolute atomic E-state index is 13.6. The second-order valence-corrected chi connectivity index (χ2v) is 4.27. The highest BCUT2D eigenvalue weighted by Crippen LogP contribution is 2.14. The highest BCUT2D eigenvalue weighted by atomic mass is 19.1. The number of aromatic nitrogens is 2. The minimum Gasteiger partial charge on any atom is -0.322 e. The molecule has 1 aromatic heterocycles. The molecule has 2 rings (SSSR count). The highest BCUT2D eigenvalue weighted by molar-refractivity contribution is 5.90. The molecular weight excluding hydrogens is 265 g/mol. The van der Waals surface area contributed by atoms with Crippen molar-refractivity contribution in [3.05, 3.63) is 62.7 Å². The lowest BCUT2D eigenvalue weighted by molar-refractivity contribution is -0.116. The summed E-state index contributed by atoms with van der Waals surface area (Å²) in [4.78, 5) is 36.0. The SMILES string of the molecule is Cc1ccc(NC(=O)Cn2ccc(=O)[nH]c2=O)c(F)c1. The van der Waals surface area contributed by atoms with Crippen molar-refractivity contribution in [2.24, 2.45) is 0 Å². The number of aryl methyl sites for hydroxylation is 1. The molecule has 0 bridgehead atoms. The Hall–Kier alpha value is -2.70. The van der Waals surface area contributed by atoms with E-state index in [-0.39, 0.29) is 12.2 Å². The molecule has 2 aromatic rings. The quantitative estimate of drug-likeness (QED) is 0.862. The van der Waals surface area contributed by atoms with Gasteiger partial charge in [0.1, 0.15) is 12.4 Å². The van der Waals surface area contributed by atoms with Gasteiger partial charge in [-0.15, -0.1) is 0 Å². The van der Waals surface area contributed by atoms with Gasteiger partial charge in [-0.25, -0.2) is 9.18 Å². The van der Waals surface area contributed by atoms with Crippen LogP contribution in [0.2, 0.25) is 0 Å². The van der Waals surface area contributed by atoms with Crippen LogP contribution in [0.1, 0.15) is 5.56 Å². The van der Waals surface area contributed by atoms with Gasteiger partial charge in [0.25, 0.3) is 5.56 Å². The summed E-state index contributed by atoms with van der Waals surface area (Å²) in [7, 11) is 0. The molecular formula is C13H12FN3O3. The number of hydrogen-bond donors (Lipinski definition) is 2. The van der Waals surface area contributed by atoms with Crippen molar-refractivity contribution in [1.82, 2.24) is 9.55 Å². The van der Waals surface area contributed by atoms with E-state index in [0.717, 1.165) is 16.2 Å². The molecule has 0 unspecified atom stereocenters. The summed E-state index contributed by atoms with van der Waals surface area (Å²) in [5.74, 6) is -1.12. The molecule has 0 radical (unpaired) electrons. The molecule has 104 valence electrons. The predicted octanol–water partition coefficient (Wildman–Crippen LogP) is 0.623. The fourth-order valence-electron chi connectivity index (χ4n) is 1.63. The summed E-state index contributed by atoms with van der Waals surface area (Å²) < 4.78 is 14.6. The van der Waals surface area contributed by atoms with E-state index in [4.69, 9.17) is 0 Å². The van der Waals surface area contributed by atoms with Gasteiger partial charge in [-0.1, -0.05) is 6.07 Å². The maximum atomic E-state index is 13.6. The second kappa shape index (κ2) is 5.52. The number of carbonyl (C=O) groups excluding carboxylic acids is 1. The van der Waals surface area contributed by atoms with Crippen LogP contribution in [0.25, 0.3) is 0 Å². The molecule has 0 fully saturated rings. The van der Waals surface area contributed by atoms with Crippen LogP contribution >= 0.6 is 0 Å². The van der Waals surface area contributed by atoms with Crippen molar-refractivity contribution in [3.8, 4) is 0 Å². The first-order valence-corrected chi connectivity index (χ1v) is 5.81. The fourth-order valence-corrected chi connectivity index (χ4v) is 1.63. The topological polar surface area (TPSA) is 84.0 Å². The number of aromatic amines is 1. The van der Waals surface area contributed by atoms with Crippen molar-refractivity contribution in [3.63, 3.8) is 0 Å². The third kappa shape index (κ3) is 3.19. The zero-order chi connectivity index (χ0) is 14.7. The van der Waals surface area contributed by atoms with Crippen molar-refractivity contribution in [2.75, 3.05) is 5.32 Å². The van der Waals surface area contributed by atoms with E-state index in [1.54, 1.807) is 13.0 Å². The molecule has 6 nitrogen and oxygen atoms in total. The summed E-state index contributed by atoms with van der Waals surface area (Å²) in [6, 6.07) is 5.52. The smallest absolute Gasteiger partial charge is 0.322 e. The molecule has 0 saturated carbocycles. The van der Waals surface area contributed by atoms with Crippen LogP contribution in [0.5, 0.6) is 0 Å². The van der Waals surface area contributed by atoms with E-state index in [1.165, 1.54) is 18.3 Å². The lowest BCUT2D eigenvalue weighted by atomic mass is 10.2. The number of hydrogen-bond acceptors (Lipinski definition) is 3. The first kappa shape index (κ1) is 13.7. The van der Waals surface area contributed by atoms with Gasteiger partial charge < -0.3 is 5.32 Å². The van der Waals surface area contributed by atoms with Crippen LogP contribution in [0.4, 0.5) is 10.1 Å². The monoisotopic (exact) mass is 277 g/mol. The van der Waals surface area contributed by atoms with Crippen LogP contribution in [0.15, 0.2) is 40.1 Å². The molecule has 2 N–H and O–H groups in total. The number of nitrogens with zero attached hydrogens (tertiary/aromatic N) is 1. The number of amides is 1. The van der Waals surface area contributed by atoms with Gasteiger partial charge in [-0.05, 0) is 24.6 Å². The molecule has 20 heavy (non-hydrogen) atoms. The lowest BCUT2D eigenvalue weighted by Gasteiger charge is -2.08. The van der Waals surface area contributed by atoms with Crippen molar-refractivity contribution in [1.29, 1.82) is 0 Å². The summed E-state index contributed by atoms with van der Waals surface area (Å²) in [6.45, 7) is 1.41. The Kier molecular flexibility index (Phi) is 3.79. The summed E-state index contributed by atoms with van der Waals surface area (Å²) in [5.41, 5.74) is -0.469. The summed E-state index contributed by atoms with van der Waals surface area (Å²) >= 11 is 0. The number of halogens is 1. The van der Waals surface area contributed by atoms with Crippen molar-refractivity contribution in [2.45, 2.75) is 13.5 Å². The Labute approximate surface area is 112 Å². The van der Waals surface area contributed by atoms with Crippen LogP contribution in [-0.2, 0) is 11.3 Å². The predicted molar refractivity (Wildman–Crippen MR) is 71.1 cm³/mol. The number of nitrogens with one attached hydrogen (secondary N) is 2. The van der Waals surface area contributed by atoms with Gasteiger partial charge in [0, 0.05) is 12.3 Å². The zero-order valence-electron chi connectivity index (χ0n) is 10.6. The third-order valence-electron chi connectivity index (χ3n) is 2.61. The summed E-state index contributed by atoms with van der Waals surface area (Å²) in [5, 5.41) is 2.36. The van der Waals surface area contributed by atoms with E-state index in [9.17, 15) is 18.8 Å². The molecule has 0 saturated heterocycles. The molecule has 0 aliphatic carbocycles. The van der Waals surface area contributed by atoms with Crippen molar-refractivity contribution >= 4 is 11.6 Å². The van der Waals surface area contributed by atoms with Crippen molar-refractivity contribution < 1.29 is 9.18 Å². The number of anilines is 1. The van der Waals surface area contributed by atoms with Crippen LogP contribution in [0.3, 0.4) is 0 Å². The normalized spacial score (nSPS) is 10.3. The molecule has 1 heterocycles. The Balaban J connectivity index is 2.13. The highest BCUT2D eigenvalue weighted by Gasteiger charge is 2.08. The largest absolute Gasteiger partial charge is 0.328 e. The number of carbonyl (C=O) groups is 1. The molecule has 0 spiro atoms. The van der Waals surface area contributed by atoms with E-state index in [0.29, 0.717) is 0 Å². The lowest BCUT2D eigenvalue weighted by Crippen LogP contribution is -2.32. The van der Waals surface area contributed by atoms with Crippen LogP contribution in [0, 0.1) is 12.7 Å². The minimum atomic E-state index is -0.697. The van der Waals surface area contributed by atoms with Gasteiger partial charge >= 0.3 is 5.69 Å². The Morgan fingerprint density at radius 1 is 1.35 bits per heavy atom.